The van der Waals surface area contributed by atoms with Gasteiger partial charge in [-0.25, -0.2) is 0 Å². The minimum atomic E-state index is -0.144. The van der Waals surface area contributed by atoms with Gasteiger partial charge in [0.2, 0.25) is 0 Å². The van der Waals surface area contributed by atoms with Gasteiger partial charge in [0, 0.05) is 31.4 Å². The summed E-state index contributed by atoms with van der Waals surface area (Å²) < 4.78 is 5.85. The number of nitrogens with one attached hydrogen (secondary N) is 2. The summed E-state index contributed by atoms with van der Waals surface area (Å²) in [5.74, 6) is 0.137. The number of nitrogens with two attached hydrogens (primary N) is 1. The van der Waals surface area contributed by atoms with Crippen molar-refractivity contribution in [3.63, 3.8) is 0 Å². The molecule has 7 nitrogen and oxygen atoms in total. The Bertz CT molecular complexity index is 672. The Labute approximate surface area is 126 Å². The number of aryl methyl sites for hydroxylation is 2. The molecule has 2 aromatic heterocycles. The first kappa shape index (κ1) is 13.9. The number of hydrogen-bond acceptors (Lipinski definition) is 6. The Morgan fingerprint density at radius 3 is 2.95 bits per heavy atom. The number of carbonyl (C=O) groups excluding carboxylic acids is 1. The van der Waals surface area contributed by atoms with E-state index in [-0.39, 0.29) is 11.7 Å². The molecule has 3 rings (SSSR count). The highest BCUT2D eigenvalue weighted by atomic mass is 32.1. The number of aromatic nitrogens is 3. The number of hydrogen-bond donors (Lipinski definition) is 3. The van der Waals surface area contributed by atoms with E-state index in [9.17, 15) is 4.79 Å². The van der Waals surface area contributed by atoms with Crippen molar-refractivity contribution in [1.82, 2.24) is 19.5 Å². The Hall–Kier alpha value is -2.09. The maximum atomic E-state index is 12.2. The third kappa shape index (κ3) is 2.99. The average molecular weight is 306 g/mol. The van der Waals surface area contributed by atoms with Crippen LogP contribution >= 0.6 is 11.5 Å². The van der Waals surface area contributed by atoms with Crippen LogP contribution in [0.25, 0.3) is 0 Å². The molecule has 0 aliphatic heterocycles. The molecule has 1 saturated carbocycles. The third-order valence-corrected chi connectivity index (χ3v) is 4.23. The Morgan fingerprint density at radius 1 is 1.57 bits per heavy atom. The lowest BCUT2D eigenvalue weighted by molar-refractivity contribution is 0.0953. The van der Waals surface area contributed by atoms with Crippen LogP contribution in [0.15, 0.2) is 6.20 Å². The first-order valence-corrected chi connectivity index (χ1v) is 7.61. The van der Waals surface area contributed by atoms with Gasteiger partial charge >= 0.3 is 0 Å². The van der Waals surface area contributed by atoms with E-state index >= 15 is 0 Å². The van der Waals surface area contributed by atoms with Crippen LogP contribution < -0.4 is 16.4 Å². The molecule has 8 heteroatoms. The van der Waals surface area contributed by atoms with Crippen molar-refractivity contribution < 1.29 is 4.79 Å². The predicted octanol–water partition coefficient (Wildman–Crippen LogP) is 1.27. The van der Waals surface area contributed by atoms with Gasteiger partial charge in [-0.15, -0.1) is 0 Å². The fraction of sp³-hybridized carbons (Fsp3) is 0.462. The maximum absolute atomic E-state index is 12.2. The zero-order valence-corrected chi connectivity index (χ0v) is 12.8. The molecule has 0 unspecified atom stereocenters. The Morgan fingerprint density at radius 2 is 2.33 bits per heavy atom. The van der Waals surface area contributed by atoms with E-state index in [1.807, 2.05) is 20.2 Å². The van der Waals surface area contributed by atoms with Gasteiger partial charge in [0.05, 0.1) is 5.69 Å². The van der Waals surface area contributed by atoms with Crippen molar-refractivity contribution in [3.05, 3.63) is 23.0 Å². The lowest BCUT2D eigenvalue weighted by Crippen LogP contribution is -2.26. The first-order chi connectivity index (χ1) is 10.0. The second-order valence-electron chi connectivity index (χ2n) is 5.29. The summed E-state index contributed by atoms with van der Waals surface area (Å²) in [6, 6.07) is 0.296. The number of nitrogen functional groups attached to an aromatic ring is 1. The number of anilines is 2. The number of amides is 1. The molecule has 1 aliphatic carbocycles. The van der Waals surface area contributed by atoms with Crippen LogP contribution in [0.3, 0.4) is 0 Å². The van der Waals surface area contributed by atoms with Crippen LogP contribution in [0.5, 0.6) is 0 Å². The number of rotatable bonds is 5. The van der Waals surface area contributed by atoms with E-state index in [1.54, 1.807) is 4.68 Å². The van der Waals surface area contributed by atoms with Gasteiger partial charge in [-0.05, 0) is 31.3 Å². The third-order valence-electron chi connectivity index (χ3n) is 3.41. The summed E-state index contributed by atoms with van der Waals surface area (Å²) in [5.41, 5.74) is 8.32. The SMILES string of the molecule is Cc1nn(C)cc1CNc1snc(N)c1C(=O)NC1CC1. The zero-order valence-electron chi connectivity index (χ0n) is 12.0. The fourth-order valence-electron chi connectivity index (χ4n) is 2.13. The highest BCUT2D eigenvalue weighted by Crippen LogP contribution is 2.29. The van der Waals surface area contributed by atoms with Crippen LogP contribution in [0, 0.1) is 6.92 Å². The highest BCUT2D eigenvalue weighted by molar-refractivity contribution is 7.11. The average Bonchev–Trinajstić information content (AvgIpc) is 3.06. The van der Waals surface area contributed by atoms with Crippen molar-refractivity contribution in [1.29, 1.82) is 0 Å². The smallest absolute Gasteiger partial charge is 0.258 e. The highest BCUT2D eigenvalue weighted by Gasteiger charge is 2.27. The number of nitrogens with zero attached hydrogens (tertiary/aromatic N) is 3. The molecule has 4 N–H and O–H groups in total. The van der Waals surface area contributed by atoms with Crippen LogP contribution in [-0.2, 0) is 13.6 Å². The molecule has 1 aliphatic rings. The fourth-order valence-corrected chi connectivity index (χ4v) is 2.83. The van der Waals surface area contributed by atoms with Gasteiger partial charge in [0.25, 0.3) is 5.91 Å². The normalized spacial score (nSPS) is 14.2. The largest absolute Gasteiger partial charge is 0.382 e. The van der Waals surface area contributed by atoms with Gasteiger partial charge in [-0.3, -0.25) is 9.48 Å². The molecule has 0 aromatic carbocycles. The Balaban J connectivity index is 1.73. The molecule has 1 fully saturated rings. The predicted molar refractivity (Wildman–Crippen MR) is 82.3 cm³/mol. The molecular formula is C13H18N6OS. The van der Waals surface area contributed by atoms with Crippen molar-refractivity contribution in [2.24, 2.45) is 7.05 Å². The maximum Gasteiger partial charge on any atom is 0.258 e. The summed E-state index contributed by atoms with van der Waals surface area (Å²) in [4.78, 5) is 12.2. The van der Waals surface area contributed by atoms with E-state index in [0.29, 0.717) is 23.2 Å². The van der Waals surface area contributed by atoms with Gasteiger partial charge < -0.3 is 16.4 Å². The quantitative estimate of drug-likeness (QED) is 0.773. The summed E-state index contributed by atoms with van der Waals surface area (Å²) in [5, 5.41) is 11.2. The monoisotopic (exact) mass is 306 g/mol. The topological polar surface area (TPSA) is 97.9 Å². The molecule has 1 amide bonds. The molecule has 0 spiro atoms. The molecule has 2 heterocycles. The van der Waals surface area contributed by atoms with E-state index in [0.717, 1.165) is 24.1 Å². The van der Waals surface area contributed by atoms with Crippen molar-refractivity contribution in [3.8, 4) is 0 Å². The molecule has 0 bridgehead atoms. The van der Waals surface area contributed by atoms with Gasteiger partial charge in [0.15, 0.2) is 5.82 Å². The molecule has 112 valence electrons. The van der Waals surface area contributed by atoms with Crippen LogP contribution in [-0.4, -0.2) is 26.1 Å². The first-order valence-electron chi connectivity index (χ1n) is 6.83. The van der Waals surface area contributed by atoms with Gasteiger partial charge in [0.1, 0.15) is 10.6 Å². The molecule has 21 heavy (non-hydrogen) atoms. The van der Waals surface area contributed by atoms with Crippen molar-refractivity contribution in [2.45, 2.75) is 32.4 Å². The summed E-state index contributed by atoms with van der Waals surface area (Å²) in [7, 11) is 1.88. The summed E-state index contributed by atoms with van der Waals surface area (Å²) in [6.45, 7) is 2.55. The molecular weight excluding hydrogens is 288 g/mol. The van der Waals surface area contributed by atoms with E-state index in [4.69, 9.17) is 5.73 Å². The Kier molecular flexibility index (Phi) is 3.54. The lowest BCUT2D eigenvalue weighted by Gasteiger charge is -2.07. The molecule has 0 atom stereocenters. The second-order valence-corrected chi connectivity index (χ2v) is 6.06. The van der Waals surface area contributed by atoms with Gasteiger partial charge in [-0.2, -0.15) is 9.47 Å². The second kappa shape index (κ2) is 5.36. The van der Waals surface area contributed by atoms with Crippen molar-refractivity contribution >= 4 is 28.3 Å². The zero-order chi connectivity index (χ0) is 15.0. The van der Waals surface area contributed by atoms with Crippen LogP contribution in [0.2, 0.25) is 0 Å². The molecule has 0 saturated heterocycles. The minimum absolute atomic E-state index is 0.144. The molecule has 0 radical (unpaired) electrons. The summed E-state index contributed by atoms with van der Waals surface area (Å²) >= 11 is 1.21. The number of carbonyl (C=O) groups is 1. The van der Waals surface area contributed by atoms with E-state index < -0.39 is 0 Å². The van der Waals surface area contributed by atoms with Gasteiger partial charge in [-0.1, -0.05) is 0 Å². The standard InChI is InChI=1S/C13H18N6OS/c1-7-8(6-19(2)17-7)5-15-13-10(11(14)18-21-13)12(20)16-9-3-4-9/h6,9,15H,3-5H2,1-2H3,(H2,14,18)(H,16,20). The molecule has 2 aromatic rings. The van der Waals surface area contributed by atoms with E-state index in [1.165, 1.54) is 11.5 Å². The van der Waals surface area contributed by atoms with Crippen LogP contribution in [0.1, 0.15) is 34.5 Å². The van der Waals surface area contributed by atoms with E-state index in [2.05, 4.69) is 20.1 Å². The lowest BCUT2D eigenvalue weighted by atomic mass is 10.2. The minimum Gasteiger partial charge on any atom is -0.382 e. The van der Waals surface area contributed by atoms with Crippen molar-refractivity contribution in [2.75, 3.05) is 11.1 Å². The summed E-state index contributed by atoms with van der Waals surface area (Å²) in [6.07, 6.45) is 4.04. The van der Waals surface area contributed by atoms with Crippen LogP contribution in [0.4, 0.5) is 10.8 Å².